The molecule has 0 bridgehead atoms. The molecule has 0 saturated heterocycles. The normalized spacial score (nSPS) is 11.4. The molecule has 6 heteroatoms. The van der Waals surface area contributed by atoms with Crippen LogP contribution in [0.4, 0.5) is 8.78 Å². The standard InChI is InChI=1S/C8H6BrF2NO2/c9-6-2-1-5(4-12-6)8(10,11)3-7(13)14/h1-2,4H,3H2,(H,13,14). The number of carboxylic acid groups (broad SMARTS) is 1. The Morgan fingerprint density at radius 2 is 2.21 bits per heavy atom. The number of pyridine rings is 1. The lowest BCUT2D eigenvalue weighted by Gasteiger charge is -2.13. The van der Waals surface area contributed by atoms with Crippen LogP contribution in [-0.4, -0.2) is 16.1 Å². The number of hydrogen-bond donors (Lipinski definition) is 1. The molecule has 0 atom stereocenters. The van der Waals surface area contributed by atoms with Crippen molar-refractivity contribution in [2.24, 2.45) is 0 Å². The van der Waals surface area contributed by atoms with E-state index in [-0.39, 0.29) is 0 Å². The summed E-state index contributed by atoms with van der Waals surface area (Å²) in [4.78, 5) is 13.7. The van der Waals surface area contributed by atoms with Crippen molar-refractivity contribution < 1.29 is 18.7 Å². The molecule has 0 unspecified atom stereocenters. The van der Waals surface area contributed by atoms with E-state index >= 15 is 0 Å². The Kier molecular flexibility index (Phi) is 3.15. The van der Waals surface area contributed by atoms with E-state index in [1.165, 1.54) is 6.07 Å². The molecule has 76 valence electrons. The first-order valence-corrected chi connectivity index (χ1v) is 4.43. The lowest BCUT2D eigenvalue weighted by Crippen LogP contribution is -2.18. The first-order chi connectivity index (χ1) is 6.42. The highest BCUT2D eigenvalue weighted by atomic mass is 79.9. The highest BCUT2D eigenvalue weighted by molar-refractivity contribution is 9.10. The topological polar surface area (TPSA) is 50.2 Å². The van der Waals surface area contributed by atoms with Gasteiger partial charge in [-0.1, -0.05) is 0 Å². The number of rotatable bonds is 3. The van der Waals surface area contributed by atoms with Gasteiger partial charge < -0.3 is 5.11 Å². The number of aliphatic carboxylic acids is 1. The molecule has 1 heterocycles. The number of nitrogens with zero attached hydrogens (tertiary/aromatic N) is 1. The fraction of sp³-hybridized carbons (Fsp3) is 0.250. The molecule has 0 saturated carbocycles. The maximum atomic E-state index is 13.1. The highest BCUT2D eigenvalue weighted by Gasteiger charge is 2.34. The van der Waals surface area contributed by atoms with Gasteiger partial charge in [0, 0.05) is 11.8 Å². The van der Waals surface area contributed by atoms with Crippen molar-refractivity contribution in [1.82, 2.24) is 4.98 Å². The second-order valence-electron chi connectivity index (χ2n) is 2.64. The van der Waals surface area contributed by atoms with Crippen LogP contribution in [0.3, 0.4) is 0 Å². The van der Waals surface area contributed by atoms with Crippen LogP contribution in [0, 0.1) is 0 Å². The van der Waals surface area contributed by atoms with Crippen molar-refractivity contribution in [3.63, 3.8) is 0 Å². The molecule has 0 aliphatic carbocycles. The first-order valence-electron chi connectivity index (χ1n) is 3.63. The Balaban J connectivity index is 2.91. The Morgan fingerprint density at radius 1 is 1.57 bits per heavy atom. The predicted octanol–water partition coefficient (Wildman–Crippen LogP) is 2.41. The predicted molar refractivity (Wildman–Crippen MR) is 48.1 cm³/mol. The van der Waals surface area contributed by atoms with E-state index in [4.69, 9.17) is 5.11 Å². The SMILES string of the molecule is O=C(O)CC(F)(F)c1ccc(Br)nc1. The summed E-state index contributed by atoms with van der Waals surface area (Å²) in [6.45, 7) is 0. The molecular weight excluding hydrogens is 260 g/mol. The molecule has 14 heavy (non-hydrogen) atoms. The Bertz CT molecular complexity index is 340. The Labute approximate surface area is 86.9 Å². The van der Waals surface area contributed by atoms with Crippen LogP contribution in [0.1, 0.15) is 12.0 Å². The molecule has 0 spiro atoms. The molecule has 1 rings (SSSR count). The van der Waals surface area contributed by atoms with Crippen LogP contribution in [-0.2, 0) is 10.7 Å². The molecule has 1 aromatic heterocycles. The second-order valence-corrected chi connectivity index (χ2v) is 3.46. The molecule has 1 N–H and O–H groups in total. The third-order valence-electron chi connectivity index (χ3n) is 1.52. The Hall–Kier alpha value is -1.04. The fourth-order valence-electron chi connectivity index (χ4n) is 0.884. The molecule has 0 aliphatic heterocycles. The quantitative estimate of drug-likeness (QED) is 0.854. The average molecular weight is 266 g/mol. The zero-order valence-corrected chi connectivity index (χ0v) is 8.46. The van der Waals surface area contributed by atoms with Gasteiger partial charge in [0.25, 0.3) is 5.92 Å². The van der Waals surface area contributed by atoms with Gasteiger partial charge in [-0.15, -0.1) is 0 Å². The summed E-state index contributed by atoms with van der Waals surface area (Å²) in [6, 6.07) is 2.48. The maximum absolute atomic E-state index is 13.1. The summed E-state index contributed by atoms with van der Waals surface area (Å²) in [6.07, 6.45) is -0.274. The summed E-state index contributed by atoms with van der Waals surface area (Å²) in [7, 11) is 0. The van der Waals surface area contributed by atoms with Gasteiger partial charge in [-0.3, -0.25) is 4.79 Å². The van der Waals surface area contributed by atoms with Crippen LogP contribution in [0.15, 0.2) is 22.9 Å². The summed E-state index contributed by atoms with van der Waals surface area (Å²) >= 11 is 2.99. The minimum absolute atomic E-state index is 0.400. The van der Waals surface area contributed by atoms with Crippen molar-refractivity contribution in [3.05, 3.63) is 28.5 Å². The third kappa shape index (κ3) is 2.73. The van der Waals surface area contributed by atoms with Gasteiger partial charge in [-0.25, -0.2) is 13.8 Å². The van der Waals surface area contributed by atoms with E-state index in [1.54, 1.807) is 0 Å². The molecule has 3 nitrogen and oxygen atoms in total. The van der Waals surface area contributed by atoms with Crippen LogP contribution < -0.4 is 0 Å². The number of hydrogen-bond acceptors (Lipinski definition) is 2. The van der Waals surface area contributed by atoms with Gasteiger partial charge in [0.05, 0.1) is 0 Å². The van der Waals surface area contributed by atoms with Crippen LogP contribution in [0.5, 0.6) is 0 Å². The minimum Gasteiger partial charge on any atom is -0.481 e. The summed E-state index contributed by atoms with van der Waals surface area (Å²) < 4.78 is 26.6. The highest BCUT2D eigenvalue weighted by Crippen LogP contribution is 2.31. The lowest BCUT2D eigenvalue weighted by atomic mass is 10.1. The average Bonchev–Trinajstić information content (AvgIpc) is 2.02. The van der Waals surface area contributed by atoms with Gasteiger partial charge in [0.15, 0.2) is 0 Å². The van der Waals surface area contributed by atoms with Crippen LogP contribution in [0.2, 0.25) is 0 Å². The number of carbonyl (C=O) groups is 1. The van der Waals surface area contributed by atoms with E-state index in [2.05, 4.69) is 20.9 Å². The van der Waals surface area contributed by atoms with Crippen molar-refractivity contribution in [2.75, 3.05) is 0 Å². The van der Waals surface area contributed by atoms with Crippen molar-refractivity contribution in [1.29, 1.82) is 0 Å². The molecule has 0 radical (unpaired) electrons. The molecule has 1 aromatic rings. The number of halogens is 3. The summed E-state index contributed by atoms with van der Waals surface area (Å²) in [5, 5.41) is 8.26. The van der Waals surface area contributed by atoms with E-state index in [0.29, 0.717) is 4.60 Å². The second kappa shape index (κ2) is 4.00. The number of alkyl halides is 2. The van der Waals surface area contributed by atoms with Crippen molar-refractivity contribution >= 4 is 21.9 Å². The molecule has 0 fully saturated rings. The van der Waals surface area contributed by atoms with E-state index in [9.17, 15) is 13.6 Å². The van der Waals surface area contributed by atoms with Crippen molar-refractivity contribution in [3.8, 4) is 0 Å². The van der Waals surface area contributed by atoms with Gasteiger partial charge in [0.1, 0.15) is 11.0 Å². The zero-order valence-electron chi connectivity index (χ0n) is 6.88. The van der Waals surface area contributed by atoms with Crippen LogP contribution >= 0.6 is 15.9 Å². The maximum Gasteiger partial charge on any atom is 0.309 e. The Morgan fingerprint density at radius 3 is 2.64 bits per heavy atom. The fourth-order valence-corrected chi connectivity index (χ4v) is 1.12. The van der Waals surface area contributed by atoms with Crippen LogP contribution in [0.25, 0.3) is 0 Å². The molecular formula is C8H6BrF2NO2. The van der Waals surface area contributed by atoms with Gasteiger partial charge in [-0.05, 0) is 28.1 Å². The van der Waals surface area contributed by atoms with E-state index < -0.39 is 23.9 Å². The molecule has 0 aromatic carbocycles. The molecule has 0 amide bonds. The van der Waals surface area contributed by atoms with E-state index in [1.807, 2.05) is 0 Å². The minimum atomic E-state index is -3.38. The monoisotopic (exact) mass is 265 g/mol. The largest absolute Gasteiger partial charge is 0.481 e. The smallest absolute Gasteiger partial charge is 0.309 e. The summed E-state index contributed by atoms with van der Waals surface area (Å²) in [5.41, 5.74) is -0.400. The first kappa shape index (κ1) is 11.0. The zero-order chi connectivity index (χ0) is 10.8. The number of carboxylic acids is 1. The van der Waals surface area contributed by atoms with Crippen molar-refractivity contribution in [2.45, 2.75) is 12.3 Å². The lowest BCUT2D eigenvalue weighted by molar-refractivity contribution is -0.145. The number of aromatic nitrogens is 1. The van der Waals surface area contributed by atoms with E-state index in [0.717, 1.165) is 12.3 Å². The molecule has 0 aliphatic rings. The van der Waals surface area contributed by atoms with Gasteiger partial charge in [0.2, 0.25) is 0 Å². The van der Waals surface area contributed by atoms with Gasteiger partial charge in [-0.2, -0.15) is 0 Å². The third-order valence-corrected chi connectivity index (χ3v) is 1.99. The van der Waals surface area contributed by atoms with Gasteiger partial charge >= 0.3 is 5.97 Å². The summed E-state index contributed by atoms with van der Waals surface area (Å²) in [5.74, 6) is -4.92.